The summed E-state index contributed by atoms with van der Waals surface area (Å²) in [5, 5.41) is 0. The summed E-state index contributed by atoms with van der Waals surface area (Å²) in [4.78, 5) is 40.3. The Morgan fingerprint density at radius 3 is 2.67 bits per heavy atom. The van der Waals surface area contributed by atoms with Crippen molar-refractivity contribution in [3.8, 4) is 0 Å². The van der Waals surface area contributed by atoms with Crippen LogP contribution >= 0.6 is 11.3 Å². The van der Waals surface area contributed by atoms with Gasteiger partial charge in [0, 0.05) is 41.2 Å². The molecular weight excluding hydrogens is 326 g/mol. The summed E-state index contributed by atoms with van der Waals surface area (Å²) in [5.74, 6) is -0.498. The van der Waals surface area contributed by atoms with Crippen LogP contribution in [0, 0.1) is 19.8 Å². The van der Waals surface area contributed by atoms with Gasteiger partial charge < -0.3 is 9.64 Å². The Hall–Kier alpha value is -1.69. The molecule has 0 aromatic carbocycles. The maximum Gasteiger partial charge on any atom is 0.310 e. The fraction of sp³-hybridized carbons (Fsp3) is 0.611. The van der Waals surface area contributed by atoms with Gasteiger partial charge in [0.05, 0.1) is 12.5 Å². The second-order valence-electron chi connectivity index (χ2n) is 6.18. The monoisotopic (exact) mass is 351 g/mol. The second kappa shape index (κ2) is 8.42. The summed E-state index contributed by atoms with van der Waals surface area (Å²) >= 11 is 1.60. The van der Waals surface area contributed by atoms with E-state index < -0.39 is 0 Å². The quantitative estimate of drug-likeness (QED) is 0.583. The molecule has 2 heterocycles. The number of carbonyl (C=O) groups excluding carboxylic acids is 3. The van der Waals surface area contributed by atoms with Crippen molar-refractivity contribution in [2.24, 2.45) is 5.92 Å². The van der Waals surface area contributed by atoms with Crippen LogP contribution in [0.1, 0.15) is 52.7 Å². The molecule has 0 bridgehead atoms. The molecule has 1 aromatic rings. The first kappa shape index (κ1) is 18.6. The Morgan fingerprint density at radius 2 is 2.04 bits per heavy atom. The molecule has 1 aromatic heterocycles. The van der Waals surface area contributed by atoms with Crippen molar-refractivity contribution >= 4 is 29.0 Å². The molecule has 1 saturated heterocycles. The van der Waals surface area contributed by atoms with Crippen LogP contribution in [0.2, 0.25) is 0 Å². The Balaban J connectivity index is 1.86. The van der Waals surface area contributed by atoms with E-state index in [4.69, 9.17) is 4.74 Å². The van der Waals surface area contributed by atoms with Crippen molar-refractivity contribution in [1.82, 2.24) is 4.90 Å². The van der Waals surface area contributed by atoms with E-state index in [2.05, 4.69) is 0 Å². The summed E-state index contributed by atoms with van der Waals surface area (Å²) in [7, 11) is 0. The van der Waals surface area contributed by atoms with Gasteiger partial charge in [-0.1, -0.05) is 0 Å². The van der Waals surface area contributed by atoms with Gasteiger partial charge >= 0.3 is 5.97 Å². The largest absolute Gasteiger partial charge is 0.466 e. The number of aryl methyl sites for hydroxylation is 2. The fourth-order valence-corrected chi connectivity index (χ4v) is 4.02. The number of rotatable bonds is 6. The third kappa shape index (κ3) is 4.66. The average molecular weight is 351 g/mol. The molecule has 1 atom stereocenters. The predicted molar refractivity (Wildman–Crippen MR) is 93.3 cm³/mol. The number of carbonyl (C=O) groups is 3. The molecule has 1 fully saturated rings. The number of likely N-dealkylation sites (tertiary alicyclic amines) is 1. The van der Waals surface area contributed by atoms with Crippen molar-refractivity contribution in [2.75, 3.05) is 19.7 Å². The molecule has 1 aliphatic rings. The Kier molecular flexibility index (Phi) is 6.54. The molecule has 0 saturated carbocycles. The van der Waals surface area contributed by atoms with Crippen molar-refractivity contribution in [1.29, 1.82) is 0 Å². The van der Waals surface area contributed by atoms with Crippen LogP contribution in [0.5, 0.6) is 0 Å². The molecule has 0 spiro atoms. The predicted octanol–water partition coefficient (Wildman–Crippen LogP) is 3.13. The van der Waals surface area contributed by atoms with Crippen molar-refractivity contribution in [3.05, 3.63) is 21.4 Å². The lowest BCUT2D eigenvalue weighted by molar-refractivity contribution is -0.151. The van der Waals surface area contributed by atoms with Crippen LogP contribution in [-0.4, -0.2) is 42.3 Å². The number of hydrogen-bond acceptors (Lipinski definition) is 5. The minimum Gasteiger partial charge on any atom is -0.466 e. The van der Waals surface area contributed by atoms with Crippen molar-refractivity contribution < 1.29 is 19.1 Å². The Morgan fingerprint density at radius 1 is 1.29 bits per heavy atom. The highest BCUT2D eigenvalue weighted by molar-refractivity contribution is 7.12. The molecule has 1 amide bonds. The Labute approximate surface area is 147 Å². The SMILES string of the molecule is CCOC(=O)C1CCCN(C(=O)CCC(=O)c2cc(C)sc2C)C1. The smallest absolute Gasteiger partial charge is 0.310 e. The highest BCUT2D eigenvalue weighted by atomic mass is 32.1. The number of ether oxygens (including phenoxy) is 1. The summed E-state index contributed by atoms with van der Waals surface area (Å²) in [6, 6.07) is 1.89. The number of Topliss-reactive ketones (excluding diaryl/α,β-unsaturated/α-hetero) is 1. The molecule has 1 unspecified atom stereocenters. The van der Waals surface area contributed by atoms with Crippen molar-refractivity contribution in [3.63, 3.8) is 0 Å². The molecule has 0 N–H and O–H groups in total. The number of hydrogen-bond donors (Lipinski definition) is 0. The zero-order valence-electron chi connectivity index (χ0n) is 14.6. The van der Waals surface area contributed by atoms with Crippen LogP contribution in [-0.2, 0) is 14.3 Å². The summed E-state index contributed by atoms with van der Waals surface area (Å²) in [6.07, 6.45) is 1.97. The summed E-state index contributed by atoms with van der Waals surface area (Å²) in [6.45, 7) is 7.10. The molecule has 0 aliphatic carbocycles. The van der Waals surface area contributed by atoms with Crippen LogP contribution in [0.15, 0.2) is 6.07 Å². The van der Waals surface area contributed by atoms with Gasteiger partial charge in [-0.2, -0.15) is 0 Å². The first-order valence-electron chi connectivity index (χ1n) is 8.47. The van der Waals surface area contributed by atoms with Gasteiger partial charge in [-0.15, -0.1) is 11.3 Å². The lowest BCUT2D eigenvalue weighted by atomic mass is 9.97. The van der Waals surface area contributed by atoms with Gasteiger partial charge in [-0.25, -0.2) is 0 Å². The number of amides is 1. The van der Waals surface area contributed by atoms with Gasteiger partial charge in [0.2, 0.25) is 5.91 Å². The molecule has 5 nitrogen and oxygen atoms in total. The zero-order valence-corrected chi connectivity index (χ0v) is 15.4. The van der Waals surface area contributed by atoms with E-state index >= 15 is 0 Å². The number of piperidine rings is 1. The van der Waals surface area contributed by atoms with Crippen LogP contribution in [0.4, 0.5) is 0 Å². The van der Waals surface area contributed by atoms with E-state index in [0.29, 0.717) is 19.7 Å². The summed E-state index contributed by atoms with van der Waals surface area (Å²) in [5.41, 5.74) is 0.730. The molecular formula is C18H25NO4S. The third-order valence-electron chi connectivity index (χ3n) is 4.30. The number of esters is 1. The van der Waals surface area contributed by atoms with E-state index in [1.165, 1.54) is 0 Å². The molecule has 2 rings (SSSR count). The second-order valence-corrected chi connectivity index (χ2v) is 7.64. The minimum absolute atomic E-state index is 0.0177. The zero-order chi connectivity index (χ0) is 17.7. The molecule has 132 valence electrons. The third-order valence-corrected chi connectivity index (χ3v) is 5.27. The van der Waals surface area contributed by atoms with E-state index in [9.17, 15) is 14.4 Å². The lowest BCUT2D eigenvalue weighted by Gasteiger charge is -2.31. The van der Waals surface area contributed by atoms with Gasteiger partial charge in [-0.05, 0) is 39.7 Å². The van der Waals surface area contributed by atoms with E-state index in [-0.39, 0.29) is 36.4 Å². The summed E-state index contributed by atoms with van der Waals surface area (Å²) < 4.78 is 5.05. The molecule has 24 heavy (non-hydrogen) atoms. The van der Waals surface area contributed by atoms with Gasteiger partial charge in [-0.3, -0.25) is 14.4 Å². The fourth-order valence-electron chi connectivity index (χ4n) is 3.08. The van der Waals surface area contributed by atoms with Crippen LogP contribution < -0.4 is 0 Å². The first-order valence-corrected chi connectivity index (χ1v) is 9.28. The highest BCUT2D eigenvalue weighted by Gasteiger charge is 2.29. The molecule has 0 radical (unpaired) electrons. The topological polar surface area (TPSA) is 63.7 Å². The highest BCUT2D eigenvalue weighted by Crippen LogP contribution is 2.23. The first-order chi connectivity index (χ1) is 11.4. The van der Waals surface area contributed by atoms with Gasteiger partial charge in [0.1, 0.15) is 0 Å². The Bertz CT molecular complexity index is 623. The lowest BCUT2D eigenvalue weighted by Crippen LogP contribution is -2.42. The normalized spacial score (nSPS) is 17.6. The number of thiophene rings is 1. The molecule has 1 aliphatic heterocycles. The average Bonchev–Trinajstić information content (AvgIpc) is 2.91. The maximum atomic E-state index is 12.4. The maximum absolute atomic E-state index is 12.4. The van der Waals surface area contributed by atoms with E-state index in [1.54, 1.807) is 23.2 Å². The number of ketones is 1. The van der Waals surface area contributed by atoms with Gasteiger partial charge in [0.15, 0.2) is 5.78 Å². The van der Waals surface area contributed by atoms with Gasteiger partial charge in [0.25, 0.3) is 0 Å². The molecule has 6 heteroatoms. The number of nitrogens with zero attached hydrogens (tertiary/aromatic N) is 1. The van der Waals surface area contributed by atoms with E-state index in [1.807, 2.05) is 19.9 Å². The standard InChI is InChI=1S/C18H25NO4S/c1-4-23-18(22)14-6-5-9-19(11-14)17(21)8-7-16(20)15-10-12(2)24-13(15)3/h10,14H,4-9,11H2,1-3H3. The van der Waals surface area contributed by atoms with Crippen molar-refractivity contribution in [2.45, 2.75) is 46.5 Å². The van der Waals surface area contributed by atoms with E-state index in [0.717, 1.165) is 28.2 Å². The minimum atomic E-state index is -0.236. The van der Waals surface area contributed by atoms with Crippen LogP contribution in [0.3, 0.4) is 0 Å². The van der Waals surface area contributed by atoms with Crippen LogP contribution in [0.25, 0.3) is 0 Å².